The molecule has 0 saturated carbocycles. The van der Waals surface area contributed by atoms with E-state index in [1.54, 1.807) is 11.8 Å². The molecular weight excluding hydrogens is 224 g/mol. The highest BCUT2D eigenvalue weighted by Crippen LogP contribution is 2.12. The van der Waals surface area contributed by atoms with Crippen molar-refractivity contribution in [3.8, 4) is 5.75 Å². The Morgan fingerprint density at radius 1 is 1.31 bits per heavy atom. The Morgan fingerprint density at radius 3 is 2.62 bits per heavy atom. The van der Waals surface area contributed by atoms with Crippen molar-refractivity contribution in [2.45, 2.75) is 13.0 Å². The van der Waals surface area contributed by atoms with Crippen molar-refractivity contribution in [1.29, 1.82) is 0 Å². The SMILES string of the molecule is Cc1ccc(OCCSCC(O)CO)cc1. The molecule has 16 heavy (non-hydrogen) atoms. The van der Waals surface area contributed by atoms with Gasteiger partial charge in [0.15, 0.2) is 0 Å². The topological polar surface area (TPSA) is 49.7 Å². The summed E-state index contributed by atoms with van der Waals surface area (Å²) in [5.74, 6) is 2.23. The van der Waals surface area contributed by atoms with Crippen molar-refractivity contribution in [2.75, 3.05) is 24.7 Å². The van der Waals surface area contributed by atoms with Gasteiger partial charge in [-0.2, -0.15) is 11.8 Å². The van der Waals surface area contributed by atoms with Gasteiger partial charge in [0, 0.05) is 11.5 Å². The van der Waals surface area contributed by atoms with Crippen LogP contribution in [0, 0.1) is 6.92 Å². The number of aliphatic hydroxyl groups is 2. The van der Waals surface area contributed by atoms with Crippen LogP contribution in [0.25, 0.3) is 0 Å². The molecule has 2 N–H and O–H groups in total. The normalized spacial score (nSPS) is 12.4. The highest BCUT2D eigenvalue weighted by Gasteiger charge is 2.01. The summed E-state index contributed by atoms with van der Waals surface area (Å²) in [6, 6.07) is 7.92. The Kier molecular flexibility index (Phi) is 6.30. The van der Waals surface area contributed by atoms with E-state index < -0.39 is 6.10 Å². The second-order valence-corrected chi connectivity index (χ2v) is 4.72. The van der Waals surface area contributed by atoms with E-state index in [0.29, 0.717) is 12.4 Å². The minimum Gasteiger partial charge on any atom is -0.493 e. The second-order valence-electron chi connectivity index (χ2n) is 3.57. The van der Waals surface area contributed by atoms with E-state index in [1.165, 1.54) is 5.56 Å². The van der Waals surface area contributed by atoms with E-state index in [1.807, 2.05) is 31.2 Å². The first-order chi connectivity index (χ1) is 7.72. The van der Waals surface area contributed by atoms with Gasteiger partial charge in [0.1, 0.15) is 5.75 Å². The van der Waals surface area contributed by atoms with Gasteiger partial charge in [0.05, 0.1) is 19.3 Å². The molecule has 0 fully saturated rings. The third kappa shape index (κ3) is 5.39. The van der Waals surface area contributed by atoms with E-state index in [9.17, 15) is 0 Å². The van der Waals surface area contributed by atoms with Gasteiger partial charge >= 0.3 is 0 Å². The van der Waals surface area contributed by atoms with Crippen LogP contribution >= 0.6 is 11.8 Å². The predicted octanol–water partition coefficient (Wildman–Crippen LogP) is 1.46. The van der Waals surface area contributed by atoms with Crippen LogP contribution in [0.4, 0.5) is 0 Å². The van der Waals surface area contributed by atoms with Gasteiger partial charge in [-0.25, -0.2) is 0 Å². The zero-order valence-corrected chi connectivity index (χ0v) is 10.2. The lowest BCUT2D eigenvalue weighted by Crippen LogP contribution is -2.15. The summed E-state index contributed by atoms with van der Waals surface area (Å²) < 4.78 is 5.51. The van der Waals surface area contributed by atoms with Gasteiger partial charge in [0.2, 0.25) is 0 Å². The molecule has 0 radical (unpaired) electrons. The van der Waals surface area contributed by atoms with Crippen molar-refractivity contribution in [3.05, 3.63) is 29.8 Å². The van der Waals surface area contributed by atoms with E-state index in [-0.39, 0.29) is 6.61 Å². The summed E-state index contributed by atoms with van der Waals surface area (Å²) in [7, 11) is 0. The van der Waals surface area contributed by atoms with Crippen molar-refractivity contribution in [1.82, 2.24) is 0 Å². The van der Waals surface area contributed by atoms with Crippen molar-refractivity contribution in [2.24, 2.45) is 0 Å². The fourth-order valence-electron chi connectivity index (χ4n) is 1.13. The van der Waals surface area contributed by atoms with Crippen LogP contribution in [0.1, 0.15) is 5.56 Å². The summed E-state index contributed by atoms with van der Waals surface area (Å²) in [4.78, 5) is 0. The molecule has 0 amide bonds. The maximum absolute atomic E-state index is 9.09. The molecule has 0 aliphatic rings. The fraction of sp³-hybridized carbons (Fsp3) is 0.500. The van der Waals surface area contributed by atoms with Gasteiger partial charge < -0.3 is 14.9 Å². The van der Waals surface area contributed by atoms with Crippen LogP contribution in [0.15, 0.2) is 24.3 Å². The number of ether oxygens (including phenoxy) is 1. The number of hydrogen-bond acceptors (Lipinski definition) is 4. The Labute approximate surface area is 100 Å². The fourth-order valence-corrected chi connectivity index (χ4v) is 1.87. The molecule has 1 aromatic carbocycles. The number of thioether (sulfide) groups is 1. The van der Waals surface area contributed by atoms with Crippen molar-refractivity contribution in [3.63, 3.8) is 0 Å². The van der Waals surface area contributed by atoms with Crippen LogP contribution < -0.4 is 4.74 Å². The number of hydrogen-bond donors (Lipinski definition) is 2. The molecule has 1 aromatic rings. The van der Waals surface area contributed by atoms with Gasteiger partial charge in [-0.1, -0.05) is 17.7 Å². The Balaban J connectivity index is 2.09. The molecule has 90 valence electrons. The molecule has 1 unspecified atom stereocenters. The first-order valence-electron chi connectivity index (χ1n) is 5.28. The lowest BCUT2D eigenvalue weighted by Gasteiger charge is -2.08. The lowest BCUT2D eigenvalue weighted by atomic mass is 10.2. The average molecular weight is 242 g/mol. The zero-order valence-electron chi connectivity index (χ0n) is 9.43. The first-order valence-corrected chi connectivity index (χ1v) is 6.44. The summed E-state index contributed by atoms with van der Waals surface area (Å²) in [6.45, 7) is 2.48. The largest absolute Gasteiger partial charge is 0.493 e. The van der Waals surface area contributed by atoms with Crippen LogP contribution in [0.5, 0.6) is 5.75 Å². The molecule has 0 aromatic heterocycles. The lowest BCUT2D eigenvalue weighted by molar-refractivity contribution is 0.113. The zero-order chi connectivity index (χ0) is 11.8. The quantitative estimate of drug-likeness (QED) is 0.711. The first kappa shape index (κ1) is 13.4. The number of benzene rings is 1. The molecule has 0 spiro atoms. The van der Waals surface area contributed by atoms with Gasteiger partial charge in [0.25, 0.3) is 0 Å². The molecule has 0 aliphatic carbocycles. The minimum absolute atomic E-state index is 0.175. The third-order valence-electron chi connectivity index (χ3n) is 2.04. The molecule has 1 rings (SSSR count). The molecule has 3 nitrogen and oxygen atoms in total. The Morgan fingerprint density at radius 2 is 2.00 bits per heavy atom. The van der Waals surface area contributed by atoms with Crippen molar-refractivity contribution < 1.29 is 14.9 Å². The maximum Gasteiger partial charge on any atom is 0.119 e. The standard InChI is InChI=1S/C12H18O3S/c1-10-2-4-12(5-3-10)15-6-7-16-9-11(14)8-13/h2-5,11,13-14H,6-9H2,1H3. The maximum atomic E-state index is 9.09. The molecule has 4 heteroatoms. The van der Waals surface area contributed by atoms with E-state index in [4.69, 9.17) is 14.9 Å². The molecular formula is C12H18O3S. The molecule has 0 saturated heterocycles. The van der Waals surface area contributed by atoms with Gasteiger partial charge in [-0.15, -0.1) is 0 Å². The summed E-state index contributed by atoms with van der Waals surface area (Å²) in [5, 5.41) is 17.7. The molecule has 0 heterocycles. The molecule has 0 bridgehead atoms. The summed E-state index contributed by atoms with van der Waals surface area (Å²) in [5.41, 5.74) is 1.22. The van der Waals surface area contributed by atoms with Gasteiger partial charge in [-0.05, 0) is 19.1 Å². The van der Waals surface area contributed by atoms with Gasteiger partial charge in [-0.3, -0.25) is 0 Å². The second kappa shape index (κ2) is 7.54. The monoisotopic (exact) mass is 242 g/mol. The van der Waals surface area contributed by atoms with Crippen LogP contribution in [-0.2, 0) is 0 Å². The van der Waals surface area contributed by atoms with Crippen LogP contribution in [-0.4, -0.2) is 41.0 Å². The molecule has 0 aliphatic heterocycles. The van der Waals surface area contributed by atoms with Crippen LogP contribution in [0.3, 0.4) is 0 Å². The van der Waals surface area contributed by atoms with Crippen molar-refractivity contribution >= 4 is 11.8 Å². The van der Waals surface area contributed by atoms with E-state index >= 15 is 0 Å². The highest BCUT2D eigenvalue weighted by atomic mass is 32.2. The molecule has 1 atom stereocenters. The number of rotatable bonds is 7. The smallest absolute Gasteiger partial charge is 0.119 e. The summed E-state index contributed by atoms with van der Waals surface area (Å²) in [6.07, 6.45) is -0.621. The number of aryl methyl sites for hydroxylation is 1. The highest BCUT2D eigenvalue weighted by molar-refractivity contribution is 7.99. The number of aliphatic hydroxyl groups excluding tert-OH is 2. The Bertz CT molecular complexity index is 287. The predicted molar refractivity (Wildman–Crippen MR) is 67.1 cm³/mol. The minimum atomic E-state index is -0.621. The van der Waals surface area contributed by atoms with E-state index in [2.05, 4.69) is 0 Å². The summed E-state index contributed by atoms with van der Waals surface area (Å²) >= 11 is 1.57. The van der Waals surface area contributed by atoms with E-state index in [0.717, 1.165) is 11.5 Å². The van der Waals surface area contributed by atoms with Crippen LogP contribution in [0.2, 0.25) is 0 Å². The Hall–Kier alpha value is -0.710. The third-order valence-corrected chi connectivity index (χ3v) is 3.11. The average Bonchev–Trinajstić information content (AvgIpc) is 2.31.